The van der Waals surface area contributed by atoms with Gasteiger partial charge in [0.15, 0.2) is 0 Å². The second-order valence-electron chi connectivity index (χ2n) is 15.6. The molecular weight excluding hydrogens is 750 g/mol. The second-order valence-corrected chi connectivity index (χ2v) is 20.8. The Morgan fingerprint density at radius 1 is 0.346 bits per heavy atom. The SMILES string of the molecule is C1CCCC1.C1CCCC1.C[C@@H](C1CCCC1C1CCCC1[C@H](C)P(c1ccccc1)c1ccccc1)P(c1ccccc1)c1ccccc1.[Fe].[Fe]. The molecule has 4 aliphatic carbocycles. The third-order valence-corrected chi connectivity index (χ3v) is 18.3. The van der Waals surface area contributed by atoms with E-state index >= 15 is 0 Å². The van der Waals surface area contributed by atoms with Gasteiger partial charge < -0.3 is 0 Å². The first-order valence-corrected chi connectivity index (χ1v) is 23.3. The average Bonchev–Trinajstić information content (AvgIpc) is 4.03. The molecule has 0 heterocycles. The first-order valence-electron chi connectivity index (χ1n) is 20.5. The summed E-state index contributed by atoms with van der Waals surface area (Å²) in [6.07, 6.45) is 23.5. The van der Waals surface area contributed by atoms with Crippen molar-refractivity contribution in [3.05, 3.63) is 121 Å². The van der Waals surface area contributed by atoms with Gasteiger partial charge in [0.05, 0.1) is 0 Å². The van der Waals surface area contributed by atoms with E-state index in [1.807, 2.05) is 0 Å². The van der Waals surface area contributed by atoms with Gasteiger partial charge in [-0.2, -0.15) is 0 Å². The van der Waals surface area contributed by atoms with E-state index < -0.39 is 0 Å². The van der Waals surface area contributed by atoms with Crippen LogP contribution in [0.3, 0.4) is 0 Å². The van der Waals surface area contributed by atoms with Crippen molar-refractivity contribution in [3.63, 3.8) is 0 Å². The van der Waals surface area contributed by atoms with E-state index in [1.165, 1.54) is 103 Å². The Bertz CT molecular complexity index is 1270. The van der Waals surface area contributed by atoms with Gasteiger partial charge in [-0.15, -0.1) is 0 Å². The zero-order chi connectivity index (χ0) is 34.4. The molecule has 4 aromatic carbocycles. The summed E-state index contributed by atoms with van der Waals surface area (Å²) in [5.74, 6) is 3.38. The van der Waals surface area contributed by atoms with Gasteiger partial charge in [0.25, 0.3) is 0 Å². The molecule has 4 unspecified atom stereocenters. The fourth-order valence-electron chi connectivity index (χ4n) is 10.0. The van der Waals surface area contributed by atoms with Crippen molar-refractivity contribution in [1.29, 1.82) is 0 Å². The Morgan fingerprint density at radius 3 is 0.808 bits per heavy atom. The minimum Gasteiger partial charge on any atom is -0.0622 e. The molecule has 4 aromatic rings. The Morgan fingerprint density at radius 2 is 0.577 bits per heavy atom. The predicted molar refractivity (Wildman–Crippen MR) is 225 cm³/mol. The minimum atomic E-state index is -0.374. The first kappa shape index (κ1) is 43.5. The van der Waals surface area contributed by atoms with Crippen molar-refractivity contribution in [1.82, 2.24) is 0 Å². The molecule has 52 heavy (non-hydrogen) atoms. The monoisotopic (exact) mass is 814 g/mol. The molecule has 0 bridgehead atoms. The molecule has 0 N–H and O–H groups in total. The molecular formula is C48H64Fe2P2. The van der Waals surface area contributed by atoms with Crippen molar-refractivity contribution in [2.24, 2.45) is 23.7 Å². The van der Waals surface area contributed by atoms with E-state index in [-0.39, 0.29) is 50.0 Å². The third-order valence-electron chi connectivity index (χ3n) is 12.5. The molecule has 0 amide bonds. The van der Waals surface area contributed by atoms with Gasteiger partial charge in [-0.25, -0.2) is 0 Å². The summed E-state index contributed by atoms with van der Waals surface area (Å²) in [6.45, 7) is 5.23. The van der Waals surface area contributed by atoms with Crippen LogP contribution in [-0.4, -0.2) is 11.3 Å². The zero-order valence-electron chi connectivity index (χ0n) is 31.9. The summed E-state index contributed by atoms with van der Waals surface area (Å²) in [4.78, 5) is 0. The van der Waals surface area contributed by atoms with Crippen LogP contribution in [0, 0.1) is 23.7 Å². The summed E-state index contributed by atoms with van der Waals surface area (Å²) in [5.41, 5.74) is 1.40. The molecule has 0 spiro atoms. The molecule has 6 atom stereocenters. The van der Waals surface area contributed by atoms with E-state index in [2.05, 4.69) is 135 Å². The number of rotatable bonds is 9. The maximum Gasteiger partial charge on any atom is 0 e. The van der Waals surface area contributed by atoms with Gasteiger partial charge in [0, 0.05) is 34.1 Å². The maximum absolute atomic E-state index is 2.61. The number of benzene rings is 4. The quantitative estimate of drug-likeness (QED) is 0.117. The zero-order valence-corrected chi connectivity index (χ0v) is 35.9. The van der Waals surface area contributed by atoms with Crippen LogP contribution < -0.4 is 21.2 Å². The molecule has 4 saturated carbocycles. The summed E-state index contributed by atoms with van der Waals surface area (Å²) < 4.78 is 0. The Labute approximate surface area is 342 Å². The van der Waals surface area contributed by atoms with Crippen LogP contribution in [0.5, 0.6) is 0 Å². The molecule has 8 rings (SSSR count). The molecule has 0 aliphatic heterocycles. The standard InChI is InChI=1S/C38H44P2.2C5H10.2Fe/c1-29(39(31-17-7-3-8-18-31)32-19-9-4-10-20-32)35-25-15-27-37(35)38-28-16-26-36(38)30(2)40(33-21-11-5-12-22-33)34-23-13-6-14-24-34;2*1-2-4-5-3-1;;/h3-14,17-24,29-30,35-38H,15-16,25-28H2,1-2H3;2*1-5H2;;/t29-,30-,35?,36?,37?,38?;;;;/m0..../s1. The summed E-state index contributed by atoms with van der Waals surface area (Å²) in [6, 6.07) is 45.8. The smallest absolute Gasteiger partial charge is 0 e. The van der Waals surface area contributed by atoms with E-state index in [0.717, 1.165) is 23.7 Å². The van der Waals surface area contributed by atoms with Crippen molar-refractivity contribution < 1.29 is 34.1 Å². The van der Waals surface area contributed by atoms with Gasteiger partial charge in [-0.1, -0.05) is 212 Å². The van der Waals surface area contributed by atoms with Crippen LogP contribution in [0.1, 0.15) is 117 Å². The van der Waals surface area contributed by atoms with Gasteiger partial charge in [0.1, 0.15) is 0 Å². The minimum absolute atomic E-state index is 0. The van der Waals surface area contributed by atoms with Gasteiger partial charge in [-0.3, -0.25) is 0 Å². The third kappa shape index (κ3) is 11.9. The Kier molecular flexibility index (Phi) is 19.8. The summed E-state index contributed by atoms with van der Waals surface area (Å²) in [7, 11) is -0.749. The van der Waals surface area contributed by atoms with Crippen molar-refractivity contribution in [2.75, 3.05) is 0 Å². The summed E-state index contributed by atoms with van der Waals surface area (Å²) >= 11 is 0. The van der Waals surface area contributed by atoms with Gasteiger partial charge in [-0.05, 0) is 97.7 Å². The van der Waals surface area contributed by atoms with E-state index in [1.54, 1.807) is 21.2 Å². The van der Waals surface area contributed by atoms with Crippen molar-refractivity contribution in [3.8, 4) is 0 Å². The van der Waals surface area contributed by atoms with Gasteiger partial charge >= 0.3 is 0 Å². The molecule has 282 valence electrons. The van der Waals surface area contributed by atoms with E-state index in [0.29, 0.717) is 11.3 Å². The fraction of sp³-hybridized carbons (Fsp3) is 0.500. The van der Waals surface area contributed by atoms with Gasteiger partial charge in [0.2, 0.25) is 0 Å². The normalized spacial score (nSPS) is 23.4. The molecule has 4 aliphatic rings. The molecule has 0 nitrogen and oxygen atoms in total. The topological polar surface area (TPSA) is 0 Å². The van der Waals surface area contributed by atoms with Crippen LogP contribution in [0.15, 0.2) is 121 Å². The summed E-state index contributed by atoms with van der Waals surface area (Å²) in [5, 5.41) is 6.20. The first-order chi connectivity index (χ1) is 24.7. The maximum atomic E-state index is 2.61. The van der Waals surface area contributed by atoms with Crippen LogP contribution in [0.4, 0.5) is 0 Å². The molecule has 4 heteroatoms. The fourth-order valence-corrected chi connectivity index (χ4v) is 16.0. The second kappa shape index (κ2) is 23.6. The predicted octanol–water partition coefficient (Wildman–Crippen LogP) is 12.8. The molecule has 0 saturated heterocycles. The Hall–Kier alpha value is -1.22. The van der Waals surface area contributed by atoms with Crippen LogP contribution in [-0.2, 0) is 34.1 Å². The van der Waals surface area contributed by atoms with Crippen LogP contribution in [0.25, 0.3) is 0 Å². The van der Waals surface area contributed by atoms with Crippen LogP contribution >= 0.6 is 15.8 Å². The molecule has 0 aromatic heterocycles. The number of hydrogen-bond acceptors (Lipinski definition) is 0. The van der Waals surface area contributed by atoms with E-state index in [4.69, 9.17) is 0 Å². The largest absolute Gasteiger partial charge is 0.0622 e. The van der Waals surface area contributed by atoms with Crippen molar-refractivity contribution in [2.45, 2.75) is 128 Å². The van der Waals surface area contributed by atoms with E-state index in [9.17, 15) is 0 Å². The Balaban J connectivity index is 0.000000436. The number of hydrogen-bond donors (Lipinski definition) is 0. The molecule has 4 fully saturated rings. The average molecular weight is 815 g/mol. The van der Waals surface area contributed by atoms with Crippen molar-refractivity contribution >= 4 is 37.1 Å². The molecule has 0 radical (unpaired) electrons. The van der Waals surface area contributed by atoms with Crippen LogP contribution in [0.2, 0.25) is 0 Å².